The summed E-state index contributed by atoms with van der Waals surface area (Å²) in [4.78, 5) is 12.5. The Morgan fingerprint density at radius 2 is 1.88 bits per heavy atom. The first-order valence-electron chi connectivity index (χ1n) is 8.20. The highest BCUT2D eigenvalue weighted by Gasteiger charge is 2.15. The third kappa shape index (κ3) is 3.18. The molecule has 0 fully saturated rings. The topological polar surface area (TPSA) is 55.1 Å². The number of hydrogen-bond donors (Lipinski definition) is 1. The second-order valence-corrected chi connectivity index (χ2v) is 6.53. The van der Waals surface area contributed by atoms with Gasteiger partial charge in [-0.05, 0) is 54.7 Å². The minimum atomic E-state index is -0.0865. The summed E-state index contributed by atoms with van der Waals surface area (Å²) in [7, 11) is 0. The summed E-state index contributed by atoms with van der Waals surface area (Å²) in [5, 5.41) is 7.99. The highest BCUT2D eigenvalue weighted by atomic mass is 16.5. The van der Waals surface area contributed by atoms with Gasteiger partial charge in [-0.3, -0.25) is 4.79 Å². The van der Waals surface area contributed by atoms with Crippen molar-refractivity contribution < 1.29 is 9.32 Å². The highest BCUT2D eigenvalue weighted by molar-refractivity contribution is 5.95. The lowest BCUT2D eigenvalue weighted by molar-refractivity contribution is -0.115. The molecule has 3 aromatic rings. The van der Waals surface area contributed by atoms with Crippen LogP contribution in [0.3, 0.4) is 0 Å². The molecule has 4 nitrogen and oxygen atoms in total. The van der Waals surface area contributed by atoms with Gasteiger partial charge in [0.2, 0.25) is 5.91 Å². The van der Waals surface area contributed by atoms with E-state index in [2.05, 4.69) is 24.3 Å². The van der Waals surface area contributed by atoms with Crippen LogP contribution in [0, 0.1) is 13.8 Å². The Balaban J connectivity index is 1.82. The number of para-hydroxylation sites is 1. The van der Waals surface area contributed by atoms with E-state index in [1.54, 1.807) is 0 Å². The molecular weight excluding hydrogens is 300 g/mol. The average molecular weight is 322 g/mol. The van der Waals surface area contributed by atoms with Crippen molar-refractivity contribution in [2.75, 3.05) is 5.32 Å². The SMILES string of the molecule is Cc1cc2onc(CC(=O)Nc3ccccc3C(C)C)c2cc1C. The van der Waals surface area contributed by atoms with Crippen molar-refractivity contribution in [2.45, 2.75) is 40.0 Å². The van der Waals surface area contributed by atoms with Crippen molar-refractivity contribution in [3.8, 4) is 0 Å². The number of nitrogens with one attached hydrogen (secondary N) is 1. The fourth-order valence-corrected chi connectivity index (χ4v) is 2.83. The van der Waals surface area contributed by atoms with Gasteiger partial charge in [-0.2, -0.15) is 0 Å². The predicted octanol–water partition coefficient (Wildman–Crippen LogP) is 4.75. The molecule has 0 aliphatic carbocycles. The minimum Gasteiger partial charge on any atom is -0.356 e. The van der Waals surface area contributed by atoms with Gasteiger partial charge in [0.15, 0.2) is 5.58 Å². The van der Waals surface area contributed by atoms with E-state index >= 15 is 0 Å². The van der Waals surface area contributed by atoms with Crippen LogP contribution in [-0.2, 0) is 11.2 Å². The van der Waals surface area contributed by atoms with Crippen molar-refractivity contribution in [3.05, 3.63) is 58.8 Å². The lowest BCUT2D eigenvalue weighted by atomic mass is 10.0. The molecule has 0 unspecified atom stereocenters. The summed E-state index contributed by atoms with van der Waals surface area (Å²) in [6.45, 7) is 8.31. The lowest BCUT2D eigenvalue weighted by Gasteiger charge is -2.13. The molecule has 1 aromatic heterocycles. The fraction of sp³-hybridized carbons (Fsp3) is 0.300. The second-order valence-electron chi connectivity index (χ2n) is 6.53. The van der Waals surface area contributed by atoms with Crippen molar-refractivity contribution >= 4 is 22.6 Å². The first-order valence-corrected chi connectivity index (χ1v) is 8.20. The van der Waals surface area contributed by atoms with Crippen LogP contribution < -0.4 is 5.32 Å². The number of rotatable bonds is 4. The van der Waals surface area contributed by atoms with Gasteiger partial charge in [0, 0.05) is 11.1 Å². The monoisotopic (exact) mass is 322 g/mol. The molecule has 0 aliphatic rings. The molecular formula is C20H22N2O2. The molecule has 1 N–H and O–H groups in total. The number of amides is 1. The van der Waals surface area contributed by atoms with Crippen molar-refractivity contribution in [1.82, 2.24) is 5.16 Å². The van der Waals surface area contributed by atoms with Gasteiger partial charge in [0.05, 0.1) is 6.42 Å². The van der Waals surface area contributed by atoms with E-state index in [1.165, 1.54) is 0 Å². The van der Waals surface area contributed by atoms with Gasteiger partial charge >= 0.3 is 0 Å². The van der Waals surface area contributed by atoms with Crippen LogP contribution in [0.25, 0.3) is 11.0 Å². The van der Waals surface area contributed by atoms with Crippen LogP contribution in [0.15, 0.2) is 40.9 Å². The molecule has 0 saturated heterocycles. The van der Waals surface area contributed by atoms with Crippen molar-refractivity contribution in [3.63, 3.8) is 0 Å². The zero-order valence-electron chi connectivity index (χ0n) is 14.5. The second kappa shape index (κ2) is 6.48. The fourth-order valence-electron chi connectivity index (χ4n) is 2.83. The standard InChI is InChI=1S/C20H22N2O2/c1-12(2)15-7-5-6-8-17(15)21-20(23)11-18-16-9-13(3)14(4)10-19(16)24-22-18/h5-10,12H,11H2,1-4H3,(H,21,23). The zero-order chi connectivity index (χ0) is 17.3. The molecule has 124 valence electrons. The van der Waals surface area contributed by atoms with Crippen LogP contribution in [0.4, 0.5) is 5.69 Å². The Morgan fingerprint density at radius 1 is 1.17 bits per heavy atom. The van der Waals surface area contributed by atoms with E-state index in [0.717, 1.165) is 33.3 Å². The number of anilines is 1. The van der Waals surface area contributed by atoms with Crippen molar-refractivity contribution in [2.24, 2.45) is 0 Å². The van der Waals surface area contributed by atoms with Crippen LogP contribution in [-0.4, -0.2) is 11.1 Å². The molecule has 0 radical (unpaired) electrons. The summed E-state index contributed by atoms with van der Waals surface area (Å²) in [5.41, 5.74) is 5.70. The summed E-state index contributed by atoms with van der Waals surface area (Å²) in [5.74, 6) is 0.261. The number of benzene rings is 2. The van der Waals surface area contributed by atoms with Crippen LogP contribution in [0.2, 0.25) is 0 Å². The van der Waals surface area contributed by atoms with Crippen LogP contribution in [0.5, 0.6) is 0 Å². The van der Waals surface area contributed by atoms with Gasteiger partial charge in [-0.25, -0.2) is 0 Å². The molecule has 1 heterocycles. The summed E-state index contributed by atoms with van der Waals surface area (Å²) in [6.07, 6.45) is 0.196. The summed E-state index contributed by atoms with van der Waals surface area (Å²) < 4.78 is 5.37. The summed E-state index contributed by atoms with van der Waals surface area (Å²) in [6, 6.07) is 11.9. The average Bonchev–Trinajstić information content (AvgIpc) is 2.90. The van der Waals surface area contributed by atoms with E-state index in [0.29, 0.717) is 11.6 Å². The van der Waals surface area contributed by atoms with Gasteiger partial charge in [0.25, 0.3) is 0 Å². The van der Waals surface area contributed by atoms with E-state index in [9.17, 15) is 4.79 Å². The van der Waals surface area contributed by atoms with E-state index in [1.807, 2.05) is 50.2 Å². The van der Waals surface area contributed by atoms with E-state index < -0.39 is 0 Å². The maximum Gasteiger partial charge on any atom is 0.230 e. The molecule has 3 rings (SSSR count). The van der Waals surface area contributed by atoms with E-state index in [4.69, 9.17) is 4.52 Å². The Kier molecular flexibility index (Phi) is 4.38. The predicted molar refractivity (Wildman–Crippen MR) is 96.3 cm³/mol. The maximum atomic E-state index is 12.5. The Hall–Kier alpha value is -2.62. The zero-order valence-corrected chi connectivity index (χ0v) is 14.5. The minimum absolute atomic E-state index is 0.0865. The number of carbonyl (C=O) groups excluding carboxylic acids is 1. The molecule has 0 atom stereocenters. The van der Waals surface area contributed by atoms with Crippen LogP contribution >= 0.6 is 0 Å². The number of fused-ring (bicyclic) bond motifs is 1. The summed E-state index contributed by atoms with van der Waals surface area (Å²) >= 11 is 0. The molecule has 0 spiro atoms. The Morgan fingerprint density at radius 3 is 2.62 bits per heavy atom. The number of carbonyl (C=O) groups is 1. The molecule has 0 aliphatic heterocycles. The Bertz CT molecular complexity index is 894. The smallest absolute Gasteiger partial charge is 0.230 e. The Labute approximate surface area is 141 Å². The highest BCUT2D eigenvalue weighted by Crippen LogP contribution is 2.25. The lowest BCUT2D eigenvalue weighted by Crippen LogP contribution is -2.16. The molecule has 0 bridgehead atoms. The van der Waals surface area contributed by atoms with Crippen molar-refractivity contribution in [1.29, 1.82) is 0 Å². The number of aromatic nitrogens is 1. The first kappa shape index (κ1) is 16.2. The van der Waals surface area contributed by atoms with Gasteiger partial charge < -0.3 is 9.84 Å². The van der Waals surface area contributed by atoms with Gasteiger partial charge in [-0.15, -0.1) is 0 Å². The quantitative estimate of drug-likeness (QED) is 0.754. The molecule has 4 heteroatoms. The number of hydrogen-bond acceptors (Lipinski definition) is 3. The normalized spacial score (nSPS) is 11.2. The van der Waals surface area contributed by atoms with Crippen LogP contribution in [0.1, 0.15) is 42.1 Å². The first-order chi connectivity index (χ1) is 11.5. The van der Waals surface area contributed by atoms with E-state index in [-0.39, 0.29) is 12.3 Å². The largest absolute Gasteiger partial charge is 0.356 e. The number of aryl methyl sites for hydroxylation is 2. The maximum absolute atomic E-state index is 12.5. The molecule has 0 saturated carbocycles. The van der Waals surface area contributed by atoms with Gasteiger partial charge in [-0.1, -0.05) is 37.2 Å². The molecule has 1 amide bonds. The third-order valence-corrected chi connectivity index (χ3v) is 4.35. The number of nitrogens with zero attached hydrogens (tertiary/aromatic N) is 1. The third-order valence-electron chi connectivity index (χ3n) is 4.35. The van der Waals surface area contributed by atoms with Gasteiger partial charge in [0.1, 0.15) is 5.69 Å². The molecule has 24 heavy (non-hydrogen) atoms. The molecule has 2 aromatic carbocycles.